The molecule has 2 aromatic carbocycles. The molecule has 0 saturated heterocycles. The van der Waals surface area contributed by atoms with Gasteiger partial charge in [-0.15, -0.1) is 0 Å². The Hall–Kier alpha value is -3.27. The van der Waals surface area contributed by atoms with Crippen LogP contribution >= 0.6 is 0 Å². The number of nitrogens with one attached hydrogen (secondary N) is 1. The highest BCUT2D eigenvalue weighted by Crippen LogP contribution is 2.14. The number of benzene rings is 2. The first-order chi connectivity index (χ1) is 12.1. The first-order valence-electron chi connectivity index (χ1n) is 8.06. The van der Waals surface area contributed by atoms with Crippen LogP contribution in [-0.2, 0) is 0 Å². The summed E-state index contributed by atoms with van der Waals surface area (Å²) >= 11 is 0. The quantitative estimate of drug-likeness (QED) is 0.724. The van der Waals surface area contributed by atoms with Gasteiger partial charge in [-0.05, 0) is 36.8 Å². The highest BCUT2D eigenvalue weighted by molar-refractivity contribution is 6.09. The van der Waals surface area contributed by atoms with Crippen molar-refractivity contribution in [1.29, 1.82) is 0 Å². The minimum Gasteiger partial charge on any atom is -0.346 e. The molecule has 1 amide bonds. The van der Waals surface area contributed by atoms with Crippen LogP contribution in [-0.4, -0.2) is 16.7 Å². The number of carbonyl (C=O) groups is 2. The molecular weight excluding hydrogens is 312 g/mol. The Labute approximate surface area is 146 Å². The molecule has 0 radical (unpaired) electrons. The molecule has 3 aromatic rings. The Morgan fingerprint density at radius 2 is 1.36 bits per heavy atom. The normalized spacial score (nSPS) is 11.6. The van der Waals surface area contributed by atoms with Crippen molar-refractivity contribution in [3.05, 3.63) is 101 Å². The number of carbonyl (C=O) groups excluding carboxylic acids is 2. The maximum absolute atomic E-state index is 12.4. The van der Waals surface area contributed by atoms with E-state index in [1.165, 1.54) is 0 Å². The number of hydrogen-bond donors (Lipinski definition) is 1. The van der Waals surface area contributed by atoms with Crippen molar-refractivity contribution in [1.82, 2.24) is 10.3 Å². The second kappa shape index (κ2) is 7.53. The fourth-order valence-electron chi connectivity index (χ4n) is 2.54. The molecule has 0 aliphatic heterocycles. The minimum absolute atomic E-state index is 0.0577. The molecular formula is C21H18N2O2. The molecule has 1 heterocycles. The van der Waals surface area contributed by atoms with Crippen LogP contribution in [0, 0.1) is 0 Å². The van der Waals surface area contributed by atoms with Crippen molar-refractivity contribution in [2.75, 3.05) is 0 Å². The van der Waals surface area contributed by atoms with Gasteiger partial charge < -0.3 is 5.32 Å². The molecule has 124 valence electrons. The maximum Gasteiger partial charge on any atom is 0.251 e. The lowest BCUT2D eigenvalue weighted by Gasteiger charge is -2.14. The summed E-state index contributed by atoms with van der Waals surface area (Å²) in [6, 6.07) is 19.4. The van der Waals surface area contributed by atoms with Gasteiger partial charge >= 0.3 is 0 Å². The third-order valence-corrected chi connectivity index (χ3v) is 4.00. The van der Waals surface area contributed by atoms with Gasteiger partial charge in [0.05, 0.1) is 6.04 Å². The van der Waals surface area contributed by atoms with Gasteiger partial charge in [0.1, 0.15) is 0 Å². The Balaban J connectivity index is 1.70. The summed E-state index contributed by atoms with van der Waals surface area (Å²) in [7, 11) is 0. The molecule has 0 fully saturated rings. The lowest BCUT2D eigenvalue weighted by Crippen LogP contribution is -2.26. The zero-order valence-electron chi connectivity index (χ0n) is 13.8. The predicted molar refractivity (Wildman–Crippen MR) is 96.4 cm³/mol. The summed E-state index contributed by atoms with van der Waals surface area (Å²) in [5.74, 6) is -0.235. The summed E-state index contributed by atoms with van der Waals surface area (Å²) in [6.07, 6.45) is 3.39. The summed E-state index contributed by atoms with van der Waals surface area (Å²) in [4.78, 5) is 28.7. The minimum atomic E-state index is -0.178. The van der Waals surface area contributed by atoms with E-state index < -0.39 is 0 Å². The molecule has 1 atom stereocenters. The summed E-state index contributed by atoms with van der Waals surface area (Å²) in [5, 5.41) is 2.94. The summed E-state index contributed by atoms with van der Waals surface area (Å²) < 4.78 is 0. The predicted octanol–water partition coefficient (Wildman–Crippen LogP) is 3.80. The van der Waals surface area contributed by atoms with Crippen LogP contribution in [0.4, 0.5) is 0 Å². The lowest BCUT2D eigenvalue weighted by atomic mass is 10.0. The van der Waals surface area contributed by atoms with Gasteiger partial charge in [0.15, 0.2) is 5.78 Å². The van der Waals surface area contributed by atoms with Crippen molar-refractivity contribution in [3.8, 4) is 0 Å². The van der Waals surface area contributed by atoms with E-state index in [9.17, 15) is 9.59 Å². The van der Waals surface area contributed by atoms with E-state index in [4.69, 9.17) is 0 Å². The van der Waals surface area contributed by atoms with Crippen LogP contribution in [0.1, 0.15) is 44.8 Å². The molecule has 25 heavy (non-hydrogen) atoms. The number of pyridine rings is 1. The van der Waals surface area contributed by atoms with E-state index in [2.05, 4.69) is 10.3 Å². The first kappa shape index (κ1) is 16.6. The molecule has 3 rings (SSSR count). The van der Waals surface area contributed by atoms with Gasteiger partial charge in [0, 0.05) is 29.1 Å². The number of rotatable bonds is 5. The number of amides is 1. The molecule has 1 aromatic heterocycles. The zero-order chi connectivity index (χ0) is 17.6. The number of ketones is 1. The van der Waals surface area contributed by atoms with Gasteiger partial charge in [-0.3, -0.25) is 14.6 Å². The van der Waals surface area contributed by atoms with E-state index in [1.54, 1.807) is 48.8 Å². The number of aromatic nitrogens is 1. The largest absolute Gasteiger partial charge is 0.346 e. The molecule has 4 heteroatoms. The Kier molecular flexibility index (Phi) is 5.00. The molecule has 0 spiro atoms. The average molecular weight is 330 g/mol. The topological polar surface area (TPSA) is 59.1 Å². The zero-order valence-corrected chi connectivity index (χ0v) is 13.8. The van der Waals surface area contributed by atoms with E-state index >= 15 is 0 Å². The van der Waals surface area contributed by atoms with E-state index in [1.807, 2.05) is 37.3 Å². The summed E-state index contributed by atoms with van der Waals surface area (Å²) in [5.41, 5.74) is 2.70. The van der Waals surface area contributed by atoms with Crippen LogP contribution in [0.3, 0.4) is 0 Å². The average Bonchev–Trinajstić information content (AvgIpc) is 2.69. The van der Waals surface area contributed by atoms with Crippen molar-refractivity contribution >= 4 is 11.7 Å². The first-order valence-corrected chi connectivity index (χ1v) is 8.06. The maximum atomic E-state index is 12.4. The third kappa shape index (κ3) is 3.98. The molecule has 0 saturated carbocycles. The molecule has 0 aliphatic carbocycles. The van der Waals surface area contributed by atoms with E-state index in [0.29, 0.717) is 16.7 Å². The fraction of sp³-hybridized carbons (Fsp3) is 0.0952. The van der Waals surface area contributed by atoms with Crippen molar-refractivity contribution < 1.29 is 9.59 Å². The lowest BCUT2D eigenvalue weighted by molar-refractivity contribution is 0.0938. The molecule has 0 bridgehead atoms. The number of hydrogen-bond acceptors (Lipinski definition) is 3. The fourth-order valence-corrected chi connectivity index (χ4v) is 2.54. The standard InChI is InChI=1S/C21H18N2O2/c1-15(16-11-13-22-14-12-16)23-21(25)19-9-7-18(8-10-19)20(24)17-5-3-2-4-6-17/h2-15H,1H3,(H,23,25). The van der Waals surface area contributed by atoms with Crippen LogP contribution in [0.5, 0.6) is 0 Å². The van der Waals surface area contributed by atoms with Crippen LogP contribution in [0.15, 0.2) is 79.1 Å². The third-order valence-electron chi connectivity index (χ3n) is 4.00. The smallest absolute Gasteiger partial charge is 0.251 e. The Morgan fingerprint density at radius 3 is 2.00 bits per heavy atom. The second-order valence-electron chi connectivity index (χ2n) is 5.75. The van der Waals surface area contributed by atoms with Gasteiger partial charge in [0.2, 0.25) is 0 Å². The Morgan fingerprint density at radius 1 is 0.800 bits per heavy atom. The molecule has 4 nitrogen and oxygen atoms in total. The van der Waals surface area contributed by atoms with Crippen LogP contribution < -0.4 is 5.32 Å². The molecule has 1 unspecified atom stereocenters. The van der Waals surface area contributed by atoms with Crippen molar-refractivity contribution in [2.24, 2.45) is 0 Å². The van der Waals surface area contributed by atoms with Crippen LogP contribution in [0.2, 0.25) is 0 Å². The van der Waals surface area contributed by atoms with Crippen molar-refractivity contribution in [3.63, 3.8) is 0 Å². The van der Waals surface area contributed by atoms with E-state index in [-0.39, 0.29) is 17.7 Å². The SMILES string of the molecule is CC(NC(=O)c1ccc(C(=O)c2ccccc2)cc1)c1ccncc1. The van der Waals surface area contributed by atoms with Gasteiger partial charge in [-0.25, -0.2) is 0 Å². The monoisotopic (exact) mass is 330 g/mol. The van der Waals surface area contributed by atoms with Crippen molar-refractivity contribution in [2.45, 2.75) is 13.0 Å². The second-order valence-corrected chi connectivity index (χ2v) is 5.75. The number of nitrogens with zero attached hydrogens (tertiary/aromatic N) is 1. The molecule has 1 N–H and O–H groups in total. The Bertz CT molecular complexity index is 859. The van der Waals surface area contributed by atoms with E-state index in [0.717, 1.165) is 5.56 Å². The van der Waals surface area contributed by atoms with Crippen LogP contribution in [0.25, 0.3) is 0 Å². The highest BCUT2D eigenvalue weighted by Gasteiger charge is 2.13. The molecule has 0 aliphatic rings. The summed E-state index contributed by atoms with van der Waals surface area (Å²) in [6.45, 7) is 1.92. The van der Waals surface area contributed by atoms with Gasteiger partial charge in [-0.1, -0.05) is 42.5 Å². The highest BCUT2D eigenvalue weighted by atomic mass is 16.1. The van der Waals surface area contributed by atoms with Gasteiger partial charge in [-0.2, -0.15) is 0 Å². The van der Waals surface area contributed by atoms with Gasteiger partial charge in [0.25, 0.3) is 5.91 Å².